The zero-order chi connectivity index (χ0) is 15.1. The SMILES string of the molecule is NC(=S)COc1cccc(NC(=O)CCC2CCCO2)c1. The molecule has 0 bridgehead atoms. The van der Waals surface area contributed by atoms with Gasteiger partial charge >= 0.3 is 0 Å². The standard InChI is InChI=1S/C15H20N2O3S/c16-14(21)10-20-13-4-1-3-11(9-13)17-15(18)7-6-12-5-2-8-19-12/h1,3-4,9,12H,2,5-8,10H2,(H2,16,21)(H,17,18). The van der Waals surface area contributed by atoms with Crippen LogP contribution < -0.4 is 15.8 Å². The molecule has 114 valence electrons. The number of rotatable bonds is 7. The molecular formula is C15H20N2O3S. The lowest BCUT2D eigenvalue weighted by Gasteiger charge is -2.10. The second kappa shape index (κ2) is 7.95. The highest BCUT2D eigenvalue weighted by Crippen LogP contribution is 2.19. The Hall–Kier alpha value is -1.66. The molecule has 0 spiro atoms. The molecule has 0 aliphatic carbocycles. The van der Waals surface area contributed by atoms with E-state index in [1.165, 1.54) is 0 Å². The summed E-state index contributed by atoms with van der Waals surface area (Å²) in [5.74, 6) is 0.608. The minimum Gasteiger partial charge on any atom is -0.486 e. The van der Waals surface area contributed by atoms with Crippen LogP contribution in [0.3, 0.4) is 0 Å². The van der Waals surface area contributed by atoms with Gasteiger partial charge in [0.1, 0.15) is 17.3 Å². The smallest absolute Gasteiger partial charge is 0.224 e. The number of anilines is 1. The number of benzene rings is 1. The molecule has 3 N–H and O–H groups in total. The fourth-order valence-corrected chi connectivity index (χ4v) is 2.26. The molecule has 1 atom stereocenters. The number of amides is 1. The van der Waals surface area contributed by atoms with Crippen molar-refractivity contribution in [3.8, 4) is 5.75 Å². The number of hydrogen-bond donors (Lipinski definition) is 2. The van der Waals surface area contributed by atoms with Gasteiger partial charge < -0.3 is 20.5 Å². The quantitative estimate of drug-likeness (QED) is 0.756. The van der Waals surface area contributed by atoms with Crippen molar-refractivity contribution in [2.24, 2.45) is 5.73 Å². The maximum absolute atomic E-state index is 11.9. The van der Waals surface area contributed by atoms with Crippen molar-refractivity contribution >= 4 is 28.8 Å². The summed E-state index contributed by atoms with van der Waals surface area (Å²) in [5, 5.41) is 2.86. The molecule has 1 amide bonds. The van der Waals surface area contributed by atoms with Gasteiger partial charge in [-0.05, 0) is 31.4 Å². The lowest BCUT2D eigenvalue weighted by atomic mass is 10.1. The number of carbonyl (C=O) groups excluding carboxylic acids is 1. The molecule has 5 nitrogen and oxygen atoms in total. The van der Waals surface area contributed by atoms with E-state index in [1.54, 1.807) is 12.1 Å². The summed E-state index contributed by atoms with van der Waals surface area (Å²) in [6.07, 6.45) is 3.60. The lowest BCUT2D eigenvalue weighted by Crippen LogP contribution is -2.18. The zero-order valence-corrected chi connectivity index (χ0v) is 12.7. The predicted octanol–water partition coefficient (Wildman–Crippen LogP) is 2.25. The third-order valence-electron chi connectivity index (χ3n) is 3.22. The van der Waals surface area contributed by atoms with E-state index in [1.807, 2.05) is 12.1 Å². The van der Waals surface area contributed by atoms with Crippen molar-refractivity contribution in [3.63, 3.8) is 0 Å². The van der Waals surface area contributed by atoms with Crippen molar-refractivity contribution in [3.05, 3.63) is 24.3 Å². The predicted molar refractivity (Wildman–Crippen MR) is 85.6 cm³/mol. The van der Waals surface area contributed by atoms with Crippen molar-refractivity contribution in [1.82, 2.24) is 0 Å². The molecular weight excluding hydrogens is 288 g/mol. The van der Waals surface area contributed by atoms with E-state index >= 15 is 0 Å². The van der Waals surface area contributed by atoms with E-state index in [9.17, 15) is 4.79 Å². The number of carbonyl (C=O) groups is 1. The van der Waals surface area contributed by atoms with Crippen molar-refractivity contribution in [1.29, 1.82) is 0 Å². The van der Waals surface area contributed by atoms with Crippen LogP contribution in [0.4, 0.5) is 5.69 Å². The van der Waals surface area contributed by atoms with Gasteiger partial charge in [0.25, 0.3) is 0 Å². The normalized spacial score (nSPS) is 17.4. The summed E-state index contributed by atoms with van der Waals surface area (Å²) in [6, 6.07) is 7.17. The fraction of sp³-hybridized carbons (Fsp3) is 0.467. The Morgan fingerprint density at radius 2 is 2.38 bits per heavy atom. The topological polar surface area (TPSA) is 73.6 Å². The number of nitrogens with one attached hydrogen (secondary N) is 1. The van der Waals surface area contributed by atoms with E-state index < -0.39 is 0 Å². The molecule has 6 heteroatoms. The Kier molecular flexibility index (Phi) is 5.95. The van der Waals surface area contributed by atoms with Gasteiger partial charge in [-0.2, -0.15) is 0 Å². The average Bonchev–Trinajstić information content (AvgIpc) is 2.97. The highest BCUT2D eigenvalue weighted by atomic mass is 32.1. The molecule has 1 aliphatic heterocycles. The van der Waals surface area contributed by atoms with Gasteiger partial charge in [0, 0.05) is 24.8 Å². The lowest BCUT2D eigenvalue weighted by molar-refractivity contribution is -0.116. The first-order valence-corrected chi connectivity index (χ1v) is 7.47. The molecule has 0 aromatic heterocycles. The molecule has 0 saturated carbocycles. The molecule has 1 fully saturated rings. The van der Waals surface area contributed by atoms with Crippen LogP contribution in [-0.4, -0.2) is 30.2 Å². The second-order valence-electron chi connectivity index (χ2n) is 5.00. The van der Waals surface area contributed by atoms with E-state index in [4.69, 9.17) is 27.4 Å². The van der Waals surface area contributed by atoms with E-state index in [0.29, 0.717) is 22.8 Å². The van der Waals surface area contributed by atoms with Crippen LogP contribution in [0.15, 0.2) is 24.3 Å². The van der Waals surface area contributed by atoms with Gasteiger partial charge in [0.15, 0.2) is 0 Å². The second-order valence-corrected chi connectivity index (χ2v) is 5.53. The summed E-state index contributed by atoms with van der Waals surface area (Å²) in [7, 11) is 0. The third-order valence-corrected chi connectivity index (χ3v) is 3.33. The van der Waals surface area contributed by atoms with Crippen LogP contribution in [-0.2, 0) is 9.53 Å². The first-order valence-electron chi connectivity index (χ1n) is 7.06. The summed E-state index contributed by atoms with van der Waals surface area (Å²) in [6.45, 7) is 1.00. The van der Waals surface area contributed by atoms with Crippen LogP contribution in [0.5, 0.6) is 5.75 Å². The van der Waals surface area contributed by atoms with Crippen LogP contribution in [0.1, 0.15) is 25.7 Å². The molecule has 1 saturated heterocycles. The molecule has 1 unspecified atom stereocenters. The largest absolute Gasteiger partial charge is 0.486 e. The summed E-state index contributed by atoms with van der Waals surface area (Å²) < 4.78 is 10.9. The maximum Gasteiger partial charge on any atom is 0.224 e. The van der Waals surface area contributed by atoms with Gasteiger partial charge in [-0.3, -0.25) is 4.79 Å². The molecule has 21 heavy (non-hydrogen) atoms. The first-order chi connectivity index (χ1) is 10.1. The summed E-state index contributed by atoms with van der Waals surface area (Å²) >= 11 is 4.76. The third kappa shape index (κ3) is 5.69. The molecule has 1 aromatic rings. The number of nitrogens with two attached hydrogens (primary N) is 1. The number of ether oxygens (including phenoxy) is 2. The Balaban J connectivity index is 1.79. The summed E-state index contributed by atoms with van der Waals surface area (Å²) in [4.78, 5) is 12.2. The molecule has 1 heterocycles. The Bertz CT molecular complexity index is 501. The van der Waals surface area contributed by atoms with Crippen LogP contribution in [0.25, 0.3) is 0 Å². The molecule has 2 rings (SSSR count). The highest BCUT2D eigenvalue weighted by Gasteiger charge is 2.16. The van der Waals surface area contributed by atoms with E-state index in [2.05, 4.69) is 5.32 Å². The van der Waals surface area contributed by atoms with Crippen LogP contribution >= 0.6 is 12.2 Å². The Morgan fingerprint density at radius 1 is 1.52 bits per heavy atom. The Labute approximate surface area is 129 Å². The number of hydrogen-bond acceptors (Lipinski definition) is 4. The molecule has 0 radical (unpaired) electrons. The van der Waals surface area contributed by atoms with Gasteiger partial charge in [-0.25, -0.2) is 0 Å². The zero-order valence-electron chi connectivity index (χ0n) is 11.8. The monoisotopic (exact) mass is 308 g/mol. The van der Waals surface area contributed by atoms with Gasteiger partial charge in [0.2, 0.25) is 5.91 Å². The Morgan fingerprint density at radius 3 is 3.10 bits per heavy atom. The van der Waals surface area contributed by atoms with Crippen LogP contribution in [0, 0.1) is 0 Å². The molecule has 1 aliphatic rings. The number of thiocarbonyl (C=S) groups is 1. The van der Waals surface area contributed by atoms with Crippen molar-refractivity contribution in [2.45, 2.75) is 31.8 Å². The van der Waals surface area contributed by atoms with E-state index in [0.717, 1.165) is 25.9 Å². The summed E-state index contributed by atoms with van der Waals surface area (Å²) in [5.41, 5.74) is 6.08. The minimum atomic E-state index is -0.0167. The van der Waals surface area contributed by atoms with Crippen LogP contribution in [0.2, 0.25) is 0 Å². The van der Waals surface area contributed by atoms with Gasteiger partial charge in [-0.1, -0.05) is 18.3 Å². The van der Waals surface area contributed by atoms with Crippen molar-refractivity contribution < 1.29 is 14.3 Å². The first kappa shape index (κ1) is 15.7. The molecule has 1 aromatic carbocycles. The van der Waals surface area contributed by atoms with Gasteiger partial charge in [-0.15, -0.1) is 0 Å². The fourth-order valence-electron chi connectivity index (χ4n) is 2.21. The van der Waals surface area contributed by atoms with Gasteiger partial charge in [0.05, 0.1) is 6.10 Å². The maximum atomic E-state index is 11.9. The highest BCUT2D eigenvalue weighted by molar-refractivity contribution is 7.80. The van der Waals surface area contributed by atoms with Crippen molar-refractivity contribution in [2.75, 3.05) is 18.5 Å². The average molecular weight is 308 g/mol. The van der Waals surface area contributed by atoms with E-state index in [-0.39, 0.29) is 18.6 Å². The minimum absolute atomic E-state index is 0.0167.